The Hall–Kier alpha value is -0.890. The molecule has 1 saturated heterocycles. The van der Waals surface area contributed by atoms with Crippen LogP contribution in [0.4, 0.5) is 0 Å². The largest absolute Gasteiger partial charge is 0.447 e. The van der Waals surface area contributed by atoms with Crippen LogP contribution in [0.2, 0.25) is 0 Å². The summed E-state index contributed by atoms with van der Waals surface area (Å²) < 4.78 is 36.2. The lowest BCUT2D eigenvalue weighted by atomic mass is 10.5. The zero-order valence-corrected chi connectivity index (χ0v) is 10.3. The van der Waals surface area contributed by atoms with Gasteiger partial charge in [-0.05, 0) is 18.6 Å². The van der Waals surface area contributed by atoms with Crippen LogP contribution in [0.1, 0.15) is 12.2 Å². The van der Waals surface area contributed by atoms with Crippen LogP contribution in [0.3, 0.4) is 0 Å². The monoisotopic (exact) mass is 260 g/mol. The number of ether oxygens (including phenoxy) is 1. The van der Waals surface area contributed by atoms with Gasteiger partial charge in [0.25, 0.3) is 10.0 Å². The Kier molecular flexibility index (Phi) is 3.82. The Balaban J connectivity index is 2.22. The van der Waals surface area contributed by atoms with Gasteiger partial charge in [-0.1, -0.05) is 0 Å². The van der Waals surface area contributed by atoms with Gasteiger partial charge in [-0.3, -0.25) is 0 Å². The lowest BCUT2D eigenvalue weighted by Crippen LogP contribution is -2.33. The molecule has 1 aromatic heterocycles. The summed E-state index contributed by atoms with van der Waals surface area (Å²) in [6, 6.07) is 3.03. The van der Waals surface area contributed by atoms with Crippen molar-refractivity contribution in [2.24, 2.45) is 5.73 Å². The summed E-state index contributed by atoms with van der Waals surface area (Å²) in [6.45, 7) is 2.03. The highest BCUT2D eigenvalue weighted by atomic mass is 32.2. The van der Waals surface area contributed by atoms with E-state index in [2.05, 4.69) is 0 Å². The van der Waals surface area contributed by atoms with Gasteiger partial charge in [0.15, 0.2) is 0 Å². The van der Waals surface area contributed by atoms with Gasteiger partial charge in [0.2, 0.25) is 5.09 Å². The van der Waals surface area contributed by atoms with E-state index in [0.717, 1.165) is 0 Å². The van der Waals surface area contributed by atoms with Gasteiger partial charge in [-0.2, -0.15) is 4.31 Å². The fraction of sp³-hybridized carbons (Fsp3) is 0.600. The molecule has 7 heteroatoms. The average Bonchev–Trinajstić information content (AvgIpc) is 2.64. The van der Waals surface area contributed by atoms with E-state index in [-0.39, 0.29) is 11.6 Å². The van der Waals surface area contributed by atoms with Crippen LogP contribution >= 0.6 is 0 Å². The minimum absolute atomic E-state index is 0.0418. The molecule has 0 radical (unpaired) electrons. The fourth-order valence-electron chi connectivity index (χ4n) is 1.70. The van der Waals surface area contributed by atoms with Crippen molar-refractivity contribution in [2.75, 3.05) is 26.3 Å². The molecule has 0 saturated carbocycles. The molecule has 1 aromatic rings. The van der Waals surface area contributed by atoms with Crippen molar-refractivity contribution < 1.29 is 17.6 Å². The van der Waals surface area contributed by atoms with Gasteiger partial charge in [0, 0.05) is 19.7 Å². The average molecular weight is 260 g/mol. The minimum Gasteiger partial charge on any atom is -0.447 e. The van der Waals surface area contributed by atoms with E-state index in [1.54, 1.807) is 6.07 Å². The van der Waals surface area contributed by atoms with Crippen molar-refractivity contribution in [2.45, 2.75) is 18.1 Å². The van der Waals surface area contributed by atoms with Gasteiger partial charge in [-0.25, -0.2) is 8.42 Å². The summed E-state index contributed by atoms with van der Waals surface area (Å²) >= 11 is 0. The molecule has 0 atom stereocenters. The summed E-state index contributed by atoms with van der Waals surface area (Å²) in [5.41, 5.74) is 5.39. The molecule has 1 aliphatic rings. The standard InChI is InChI=1S/C10H16N2O4S/c11-8-9-2-3-10(16-9)17(13,14)12-4-1-6-15-7-5-12/h2-3H,1,4-8,11H2. The molecule has 96 valence electrons. The van der Waals surface area contributed by atoms with Gasteiger partial charge in [0.1, 0.15) is 5.76 Å². The van der Waals surface area contributed by atoms with Crippen molar-refractivity contribution in [1.82, 2.24) is 4.31 Å². The number of hydrogen-bond acceptors (Lipinski definition) is 5. The van der Waals surface area contributed by atoms with E-state index >= 15 is 0 Å². The second kappa shape index (κ2) is 5.18. The van der Waals surface area contributed by atoms with E-state index in [4.69, 9.17) is 14.9 Å². The van der Waals surface area contributed by atoms with Crippen molar-refractivity contribution in [3.05, 3.63) is 17.9 Å². The first-order chi connectivity index (χ1) is 8.14. The first-order valence-corrected chi connectivity index (χ1v) is 6.95. The number of furan rings is 1. The number of hydrogen-bond donors (Lipinski definition) is 1. The Labute approximate surface area is 100 Å². The van der Waals surface area contributed by atoms with Gasteiger partial charge in [0.05, 0.1) is 13.2 Å². The third-order valence-corrected chi connectivity index (χ3v) is 4.39. The summed E-state index contributed by atoms with van der Waals surface area (Å²) in [4.78, 5) is 0. The quantitative estimate of drug-likeness (QED) is 0.836. The van der Waals surface area contributed by atoms with E-state index in [1.165, 1.54) is 10.4 Å². The highest BCUT2D eigenvalue weighted by Crippen LogP contribution is 2.19. The van der Waals surface area contributed by atoms with Crippen LogP contribution < -0.4 is 5.73 Å². The van der Waals surface area contributed by atoms with Crippen molar-refractivity contribution in [1.29, 1.82) is 0 Å². The van der Waals surface area contributed by atoms with Gasteiger partial charge < -0.3 is 14.9 Å². The fourth-order valence-corrected chi connectivity index (χ4v) is 3.09. The van der Waals surface area contributed by atoms with E-state index < -0.39 is 10.0 Å². The van der Waals surface area contributed by atoms with Crippen LogP contribution in [0.25, 0.3) is 0 Å². The van der Waals surface area contributed by atoms with Crippen LogP contribution in [0.5, 0.6) is 0 Å². The van der Waals surface area contributed by atoms with Gasteiger partial charge >= 0.3 is 0 Å². The maximum Gasteiger partial charge on any atom is 0.276 e. The zero-order valence-electron chi connectivity index (χ0n) is 9.46. The van der Waals surface area contributed by atoms with E-state index in [1.807, 2.05) is 0 Å². The van der Waals surface area contributed by atoms with Crippen LogP contribution in [-0.4, -0.2) is 39.0 Å². The molecular formula is C10H16N2O4S. The highest BCUT2D eigenvalue weighted by molar-refractivity contribution is 7.89. The molecule has 6 nitrogen and oxygen atoms in total. The first kappa shape index (κ1) is 12.6. The molecule has 0 unspecified atom stereocenters. The molecule has 1 fully saturated rings. The number of nitrogens with zero attached hydrogens (tertiary/aromatic N) is 1. The Morgan fingerprint density at radius 3 is 2.82 bits per heavy atom. The third kappa shape index (κ3) is 2.68. The maximum atomic E-state index is 12.2. The highest BCUT2D eigenvalue weighted by Gasteiger charge is 2.28. The van der Waals surface area contributed by atoms with E-state index in [0.29, 0.717) is 38.5 Å². The molecule has 0 aliphatic carbocycles. The molecule has 0 spiro atoms. The van der Waals surface area contributed by atoms with Crippen molar-refractivity contribution in [3.63, 3.8) is 0 Å². The SMILES string of the molecule is NCc1ccc(S(=O)(=O)N2CCCOCC2)o1. The molecule has 2 rings (SSSR count). The lowest BCUT2D eigenvalue weighted by Gasteiger charge is -2.17. The van der Waals surface area contributed by atoms with E-state index in [9.17, 15) is 8.42 Å². The first-order valence-electron chi connectivity index (χ1n) is 5.51. The van der Waals surface area contributed by atoms with Crippen LogP contribution in [-0.2, 0) is 21.3 Å². The Morgan fingerprint density at radius 2 is 2.12 bits per heavy atom. The molecule has 2 heterocycles. The number of rotatable bonds is 3. The van der Waals surface area contributed by atoms with Crippen molar-refractivity contribution in [3.8, 4) is 0 Å². The predicted molar refractivity (Wildman–Crippen MR) is 60.8 cm³/mol. The molecule has 17 heavy (non-hydrogen) atoms. The second-order valence-corrected chi connectivity index (χ2v) is 5.66. The predicted octanol–water partition coefficient (Wildman–Crippen LogP) is 0.149. The molecule has 0 aromatic carbocycles. The Morgan fingerprint density at radius 1 is 1.29 bits per heavy atom. The normalized spacial score (nSPS) is 19.1. The summed E-state index contributed by atoms with van der Waals surface area (Å²) in [5, 5.41) is -0.0418. The molecule has 0 bridgehead atoms. The molecular weight excluding hydrogens is 244 g/mol. The van der Waals surface area contributed by atoms with Crippen molar-refractivity contribution >= 4 is 10.0 Å². The third-order valence-electron chi connectivity index (χ3n) is 2.61. The van der Waals surface area contributed by atoms with Crippen LogP contribution in [0, 0.1) is 0 Å². The lowest BCUT2D eigenvalue weighted by molar-refractivity contribution is 0.148. The topological polar surface area (TPSA) is 85.8 Å². The van der Waals surface area contributed by atoms with Crippen LogP contribution in [0.15, 0.2) is 21.6 Å². The smallest absolute Gasteiger partial charge is 0.276 e. The molecule has 1 aliphatic heterocycles. The molecule has 2 N–H and O–H groups in total. The maximum absolute atomic E-state index is 12.2. The number of sulfonamides is 1. The number of nitrogens with two attached hydrogens (primary N) is 1. The van der Waals surface area contributed by atoms with Gasteiger partial charge in [-0.15, -0.1) is 0 Å². The zero-order chi connectivity index (χ0) is 12.3. The Bertz CT molecular complexity index is 460. The molecule has 0 amide bonds. The summed E-state index contributed by atoms with van der Waals surface area (Å²) in [7, 11) is -3.54. The second-order valence-electron chi connectivity index (χ2n) is 3.79. The summed E-state index contributed by atoms with van der Waals surface area (Å²) in [6.07, 6.45) is 0.698. The summed E-state index contributed by atoms with van der Waals surface area (Å²) in [5.74, 6) is 0.467. The minimum atomic E-state index is -3.54.